The van der Waals surface area contributed by atoms with E-state index in [0.29, 0.717) is 23.3 Å². The molecule has 0 aromatic carbocycles. The molecule has 0 saturated carbocycles. The van der Waals surface area contributed by atoms with Crippen LogP contribution in [0.25, 0.3) is 5.82 Å². The number of hydrogen-bond acceptors (Lipinski definition) is 7. The molecule has 0 amide bonds. The lowest BCUT2D eigenvalue weighted by atomic mass is 10.4. The summed E-state index contributed by atoms with van der Waals surface area (Å²) in [5.41, 5.74) is 0.303. The van der Waals surface area contributed by atoms with Gasteiger partial charge in [-0.25, -0.2) is 14.8 Å². The van der Waals surface area contributed by atoms with Crippen LogP contribution in [-0.2, 0) is 20.2 Å². The molecular weight excluding hydrogens is 294 g/mol. The van der Waals surface area contributed by atoms with Crippen LogP contribution >= 0.6 is 11.3 Å². The second-order valence-electron chi connectivity index (χ2n) is 4.13. The topological polar surface area (TPSA) is 92.6 Å². The molecule has 0 aliphatic carbocycles. The van der Waals surface area contributed by atoms with Crippen molar-refractivity contribution in [2.75, 3.05) is 0 Å². The zero-order chi connectivity index (χ0) is 15.7. The van der Waals surface area contributed by atoms with E-state index in [1.165, 1.54) is 18.4 Å². The molecule has 0 fully saturated rings. The molecule has 0 spiro atoms. The molecule has 0 saturated heterocycles. The fourth-order valence-electron chi connectivity index (χ4n) is 1.82. The number of tetrazole rings is 1. The van der Waals surface area contributed by atoms with E-state index in [2.05, 4.69) is 20.4 Å². The molecule has 0 radical (unpaired) electrons. The largest absolute Gasteiger partial charge is 0.463 e. The number of aromatic nitrogens is 7. The van der Waals surface area contributed by atoms with Crippen LogP contribution in [0.2, 0.25) is 0 Å². The first kappa shape index (κ1) is 12.3. The molecule has 10 heteroatoms. The predicted octanol–water partition coefficient (Wildman–Crippen LogP) is 0.218. The van der Waals surface area contributed by atoms with Crippen molar-refractivity contribution in [2.24, 2.45) is 7.05 Å². The maximum atomic E-state index is 12.0. The van der Waals surface area contributed by atoms with Gasteiger partial charge in [0, 0.05) is 25.1 Å². The number of imidazole rings is 1. The van der Waals surface area contributed by atoms with E-state index in [1.54, 1.807) is 11.7 Å². The van der Waals surface area contributed by atoms with Crippen LogP contribution in [0, 0.1) is 0 Å². The second-order valence-corrected chi connectivity index (χ2v) is 4.95. The first-order valence-corrected chi connectivity index (χ1v) is 7.06. The highest BCUT2D eigenvalue weighted by atomic mass is 32.1. The highest BCUT2D eigenvalue weighted by Gasteiger charge is 2.17. The molecule has 0 atom stereocenters. The van der Waals surface area contributed by atoms with Crippen LogP contribution in [0.5, 0.6) is 5.19 Å². The third-order valence-corrected chi connectivity index (χ3v) is 3.52. The van der Waals surface area contributed by atoms with Gasteiger partial charge in [0.05, 0.1) is 7.70 Å². The summed E-state index contributed by atoms with van der Waals surface area (Å²) in [6.45, 7) is 2.79. The average molecular weight is 309 g/mol. The fourth-order valence-corrected chi connectivity index (χ4v) is 2.26. The summed E-state index contributed by atoms with van der Waals surface area (Å²) < 4.78 is 17.1. The lowest BCUT2D eigenvalue weighted by molar-refractivity contribution is 0.293. The van der Waals surface area contributed by atoms with Crippen molar-refractivity contribution in [1.29, 1.82) is 0 Å². The van der Waals surface area contributed by atoms with Crippen molar-refractivity contribution in [3.8, 4) is 11.0 Å². The lowest BCUT2D eigenvalue weighted by Crippen LogP contribution is -2.23. The summed E-state index contributed by atoms with van der Waals surface area (Å²) in [4.78, 5) is 20.1. The SMILES string of the molecule is [3H]c1csc(OCc2c(-n3nnn(C)c3=O)ncn2CC)n1. The summed E-state index contributed by atoms with van der Waals surface area (Å²) in [6.07, 6.45) is 1.78. The summed E-state index contributed by atoms with van der Waals surface area (Å²) in [5, 5.41) is 9.46. The Bertz CT molecular complexity index is 849. The Morgan fingerprint density at radius 3 is 2.90 bits per heavy atom. The monoisotopic (exact) mass is 309 g/mol. The van der Waals surface area contributed by atoms with Crippen LogP contribution in [0.4, 0.5) is 0 Å². The van der Waals surface area contributed by atoms with E-state index in [-0.39, 0.29) is 18.5 Å². The van der Waals surface area contributed by atoms with Crippen molar-refractivity contribution in [2.45, 2.75) is 20.1 Å². The van der Waals surface area contributed by atoms with Gasteiger partial charge in [-0.1, -0.05) is 11.3 Å². The summed E-state index contributed by atoms with van der Waals surface area (Å²) in [7, 11) is 1.52. The Morgan fingerprint density at radius 2 is 2.29 bits per heavy atom. The summed E-state index contributed by atoms with van der Waals surface area (Å²) in [5.74, 6) is 0.377. The molecular formula is C11H13N7O2S. The number of hydrogen-bond donors (Lipinski definition) is 0. The lowest BCUT2D eigenvalue weighted by Gasteiger charge is -2.07. The van der Waals surface area contributed by atoms with Crippen molar-refractivity contribution < 1.29 is 6.11 Å². The van der Waals surface area contributed by atoms with Crippen LogP contribution in [0.15, 0.2) is 22.7 Å². The number of ether oxygens (including phenoxy) is 1. The number of rotatable bonds is 5. The van der Waals surface area contributed by atoms with Crippen LogP contribution in [0.1, 0.15) is 14.0 Å². The molecule has 110 valence electrons. The maximum Gasteiger partial charge on any atom is 0.369 e. The molecule has 3 rings (SSSR count). The highest BCUT2D eigenvalue weighted by Crippen LogP contribution is 2.18. The Balaban J connectivity index is 1.93. The van der Waals surface area contributed by atoms with E-state index in [4.69, 9.17) is 6.11 Å². The average Bonchev–Trinajstić information content (AvgIpc) is 3.18. The normalized spacial score (nSPS) is 11.6. The van der Waals surface area contributed by atoms with Gasteiger partial charge in [-0.3, -0.25) is 0 Å². The van der Waals surface area contributed by atoms with Gasteiger partial charge in [0.1, 0.15) is 12.3 Å². The van der Waals surface area contributed by atoms with Crippen LogP contribution in [0.3, 0.4) is 0 Å². The quantitative estimate of drug-likeness (QED) is 0.669. The zero-order valence-electron chi connectivity index (χ0n) is 12.4. The van der Waals surface area contributed by atoms with Gasteiger partial charge in [0.15, 0.2) is 5.82 Å². The summed E-state index contributed by atoms with van der Waals surface area (Å²) in [6, 6.07) is 0. The van der Waals surface area contributed by atoms with E-state index in [1.807, 2.05) is 11.5 Å². The van der Waals surface area contributed by atoms with E-state index in [9.17, 15) is 4.79 Å². The van der Waals surface area contributed by atoms with Gasteiger partial charge in [-0.05, 0) is 17.4 Å². The van der Waals surface area contributed by atoms with Gasteiger partial charge in [0.25, 0.3) is 5.19 Å². The number of aryl methyl sites for hydroxylation is 2. The molecule has 0 aliphatic heterocycles. The smallest absolute Gasteiger partial charge is 0.369 e. The maximum absolute atomic E-state index is 12.0. The van der Waals surface area contributed by atoms with E-state index >= 15 is 0 Å². The minimum absolute atomic E-state index is 0.161. The van der Waals surface area contributed by atoms with Crippen LogP contribution in [-0.4, -0.2) is 34.3 Å². The van der Waals surface area contributed by atoms with Gasteiger partial charge in [-0.15, -0.1) is 4.68 Å². The van der Waals surface area contributed by atoms with Gasteiger partial charge in [-0.2, -0.15) is 4.68 Å². The Kier molecular flexibility index (Phi) is 3.20. The van der Waals surface area contributed by atoms with Gasteiger partial charge >= 0.3 is 5.69 Å². The van der Waals surface area contributed by atoms with Crippen molar-refractivity contribution >= 4 is 11.3 Å². The molecule has 0 unspecified atom stereocenters. The molecule has 21 heavy (non-hydrogen) atoms. The predicted molar refractivity (Wildman–Crippen MR) is 74.5 cm³/mol. The minimum atomic E-state index is -0.384. The van der Waals surface area contributed by atoms with Gasteiger partial charge < -0.3 is 9.30 Å². The second kappa shape index (κ2) is 5.48. The van der Waals surface area contributed by atoms with Crippen molar-refractivity contribution in [1.82, 2.24) is 34.3 Å². The van der Waals surface area contributed by atoms with Crippen molar-refractivity contribution in [3.05, 3.63) is 34.1 Å². The van der Waals surface area contributed by atoms with Crippen molar-refractivity contribution in [3.63, 3.8) is 0 Å². The highest BCUT2D eigenvalue weighted by molar-refractivity contribution is 7.11. The number of thiazole rings is 1. The van der Waals surface area contributed by atoms with E-state index < -0.39 is 0 Å². The molecule has 0 bridgehead atoms. The molecule has 3 aromatic heterocycles. The Labute approximate surface area is 124 Å². The molecule has 9 nitrogen and oxygen atoms in total. The molecule has 3 aromatic rings. The minimum Gasteiger partial charge on any atom is -0.463 e. The third kappa shape index (κ3) is 2.44. The van der Waals surface area contributed by atoms with E-state index in [0.717, 1.165) is 9.36 Å². The molecule has 0 N–H and O–H groups in total. The zero-order valence-corrected chi connectivity index (χ0v) is 12.2. The summed E-state index contributed by atoms with van der Waals surface area (Å²) >= 11 is 1.24. The van der Waals surface area contributed by atoms with Crippen LogP contribution < -0.4 is 10.4 Å². The standard InChI is InChI=1S/C11H13N7O2S/c1-3-17-7-13-9(18-11(19)16(2)14-15-18)8(17)6-20-10-12-4-5-21-10/h4-5,7H,3,6H2,1-2H3/i4T. The first-order valence-electron chi connectivity index (χ1n) is 6.68. The first-order chi connectivity index (χ1) is 10.6. The van der Waals surface area contributed by atoms with Gasteiger partial charge in [0.2, 0.25) is 0 Å². The number of nitrogens with zero attached hydrogens (tertiary/aromatic N) is 7. The third-order valence-electron chi connectivity index (χ3n) is 2.89. The molecule has 3 heterocycles. The fraction of sp³-hybridized carbons (Fsp3) is 0.364. The Hall–Kier alpha value is -2.49. The molecule has 0 aliphatic rings. The Morgan fingerprint density at radius 1 is 1.43 bits per heavy atom.